The van der Waals surface area contributed by atoms with Crippen LogP contribution in [0.1, 0.15) is 11.5 Å². The van der Waals surface area contributed by atoms with Crippen molar-refractivity contribution in [2.24, 2.45) is 0 Å². The first-order valence-electron chi connectivity index (χ1n) is 7.51. The molecule has 0 aliphatic carbocycles. The van der Waals surface area contributed by atoms with E-state index in [-0.39, 0.29) is 12.5 Å². The van der Waals surface area contributed by atoms with Crippen LogP contribution in [0.2, 0.25) is 5.02 Å². The molecule has 0 saturated carbocycles. The number of nitrogens with zero attached hydrogens (tertiary/aromatic N) is 1. The number of ether oxygens (including phenoxy) is 1. The van der Waals surface area contributed by atoms with E-state index in [4.69, 9.17) is 20.8 Å². The molecule has 0 unspecified atom stereocenters. The summed E-state index contributed by atoms with van der Waals surface area (Å²) in [7, 11) is -0.323. The van der Waals surface area contributed by atoms with Gasteiger partial charge in [-0.3, -0.25) is 4.79 Å². The molecule has 1 aromatic heterocycles. The molecular weight excluding hydrogens is 380 g/mol. The number of methoxy groups -OCH3 is 1. The van der Waals surface area contributed by atoms with Gasteiger partial charge in [0.2, 0.25) is 15.9 Å². The number of furan rings is 1. The number of hydrogen-bond acceptors (Lipinski definition) is 5. The molecule has 9 heteroatoms. The van der Waals surface area contributed by atoms with Crippen LogP contribution in [0.5, 0.6) is 5.75 Å². The van der Waals surface area contributed by atoms with Crippen LogP contribution in [0.15, 0.2) is 40.8 Å². The Morgan fingerprint density at radius 3 is 2.69 bits per heavy atom. The van der Waals surface area contributed by atoms with Crippen LogP contribution in [0.4, 0.5) is 5.69 Å². The first-order chi connectivity index (χ1) is 12.2. The molecule has 140 valence electrons. The van der Waals surface area contributed by atoms with Gasteiger partial charge in [-0.1, -0.05) is 11.6 Å². The second kappa shape index (κ2) is 8.39. The lowest BCUT2D eigenvalue weighted by Crippen LogP contribution is -2.24. The number of anilines is 1. The van der Waals surface area contributed by atoms with Crippen LogP contribution in [-0.4, -0.2) is 39.0 Å². The van der Waals surface area contributed by atoms with Crippen LogP contribution in [0, 0.1) is 0 Å². The summed E-state index contributed by atoms with van der Waals surface area (Å²) in [6, 6.07) is 8.21. The third-order valence-electron chi connectivity index (χ3n) is 3.45. The predicted octanol–water partition coefficient (Wildman–Crippen LogP) is 2.98. The lowest BCUT2D eigenvalue weighted by Gasteiger charge is -2.11. The van der Waals surface area contributed by atoms with Gasteiger partial charge in [0.15, 0.2) is 0 Å². The third kappa shape index (κ3) is 5.62. The molecule has 0 aliphatic rings. The van der Waals surface area contributed by atoms with Crippen molar-refractivity contribution in [3.05, 3.63) is 53.0 Å². The van der Waals surface area contributed by atoms with Crippen molar-refractivity contribution < 1.29 is 22.4 Å². The van der Waals surface area contributed by atoms with Crippen molar-refractivity contribution in [1.29, 1.82) is 0 Å². The zero-order valence-corrected chi connectivity index (χ0v) is 16.1. The van der Waals surface area contributed by atoms with E-state index < -0.39 is 10.0 Å². The van der Waals surface area contributed by atoms with E-state index in [0.717, 1.165) is 6.26 Å². The number of amides is 1. The van der Waals surface area contributed by atoms with Crippen molar-refractivity contribution in [2.75, 3.05) is 25.7 Å². The van der Waals surface area contributed by atoms with Gasteiger partial charge >= 0.3 is 0 Å². The number of carbonyl (C=O) groups is 1. The molecule has 2 aromatic rings. The highest BCUT2D eigenvalue weighted by Gasteiger charge is 2.13. The fraction of sp³-hybridized carbons (Fsp3) is 0.235. The average molecular weight is 399 g/mol. The Bertz CT molecular complexity index is 921. The molecule has 2 rings (SSSR count). The lowest BCUT2D eigenvalue weighted by atomic mass is 10.3. The highest BCUT2D eigenvalue weighted by atomic mass is 35.5. The average Bonchev–Trinajstić information content (AvgIpc) is 3.00. The second-order valence-electron chi connectivity index (χ2n) is 5.50. The summed E-state index contributed by atoms with van der Waals surface area (Å²) in [6.07, 6.45) is 3.91. The molecule has 1 aromatic carbocycles. The first-order valence-corrected chi connectivity index (χ1v) is 9.74. The molecule has 1 amide bonds. The van der Waals surface area contributed by atoms with E-state index in [1.54, 1.807) is 30.3 Å². The Hall–Kier alpha value is -2.29. The van der Waals surface area contributed by atoms with E-state index >= 15 is 0 Å². The van der Waals surface area contributed by atoms with Gasteiger partial charge in [-0.2, -0.15) is 4.31 Å². The quantitative estimate of drug-likeness (QED) is 0.724. The summed E-state index contributed by atoms with van der Waals surface area (Å²) in [5, 5.41) is 3.06. The van der Waals surface area contributed by atoms with Crippen molar-refractivity contribution in [3.63, 3.8) is 0 Å². The third-order valence-corrected chi connectivity index (χ3v) is 5.00. The molecule has 0 fully saturated rings. The zero-order valence-electron chi connectivity index (χ0n) is 14.5. The fourth-order valence-corrected chi connectivity index (χ4v) is 2.61. The molecule has 0 radical (unpaired) electrons. The molecule has 0 aliphatic heterocycles. The van der Waals surface area contributed by atoms with Crippen molar-refractivity contribution in [3.8, 4) is 5.75 Å². The van der Waals surface area contributed by atoms with Crippen LogP contribution < -0.4 is 10.1 Å². The van der Waals surface area contributed by atoms with E-state index in [9.17, 15) is 13.2 Å². The topological polar surface area (TPSA) is 88.9 Å². The lowest BCUT2D eigenvalue weighted by molar-refractivity contribution is -0.111. The summed E-state index contributed by atoms with van der Waals surface area (Å²) >= 11 is 6.01. The molecule has 0 spiro atoms. The number of sulfonamides is 1. The van der Waals surface area contributed by atoms with E-state index in [1.807, 2.05) is 0 Å². The SMILES string of the molecule is COc1ccc(NC(=O)/C=C/c2ccc(CN(C)S(C)(=O)=O)o2)cc1Cl. The van der Waals surface area contributed by atoms with Gasteiger partial charge in [-0.15, -0.1) is 0 Å². The number of hydrogen-bond donors (Lipinski definition) is 1. The minimum absolute atomic E-state index is 0.114. The second-order valence-corrected chi connectivity index (χ2v) is 7.99. The summed E-state index contributed by atoms with van der Waals surface area (Å²) in [5.41, 5.74) is 0.528. The van der Waals surface area contributed by atoms with Gasteiger partial charge in [-0.25, -0.2) is 8.42 Å². The zero-order chi connectivity index (χ0) is 19.3. The monoisotopic (exact) mass is 398 g/mol. The highest BCUT2D eigenvalue weighted by Crippen LogP contribution is 2.27. The molecule has 0 atom stereocenters. The molecule has 1 N–H and O–H groups in total. The van der Waals surface area contributed by atoms with Crippen molar-refractivity contribution >= 4 is 39.3 Å². The molecule has 26 heavy (non-hydrogen) atoms. The summed E-state index contributed by atoms with van der Waals surface area (Å²) in [6.45, 7) is 0.114. The Morgan fingerprint density at radius 1 is 1.35 bits per heavy atom. The maximum Gasteiger partial charge on any atom is 0.248 e. The van der Waals surface area contributed by atoms with E-state index in [0.29, 0.717) is 28.0 Å². The summed E-state index contributed by atoms with van der Waals surface area (Å²) < 4.78 is 34.5. The normalized spacial score (nSPS) is 11.9. The first kappa shape index (κ1) is 20.0. The van der Waals surface area contributed by atoms with Gasteiger partial charge in [0.25, 0.3) is 0 Å². The standard InChI is InChI=1S/C17H19ClN2O5S/c1-20(26(3,22)23)11-14-6-5-13(25-14)7-9-17(21)19-12-4-8-16(24-2)15(18)10-12/h4-10H,11H2,1-3H3,(H,19,21)/b9-7+. The highest BCUT2D eigenvalue weighted by molar-refractivity contribution is 7.88. The Balaban J connectivity index is 1.97. The number of carbonyl (C=O) groups excluding carboxylic acids is 1. The minimum atomic E-state index is -3.29. The number of rotatable bonds is 7. The largest absolute Gasteiger partial charge is 0.495 e. The Labute approximate surface area is 157 Å². The molecule has 7 nitrogen and oxygen atoms in total. The maximum atomic E-state index is 12.0. The fourth-order valence-electron chi connectivity index (χ4n) is 1.99. The molecule has 1 heterocycles. The van der Waals surface area contributed by atoms with Gasteiger partial charge < -0.3 is 14.5 Å². The Kier molecular flexibility index (Phi) is 6.47. The Morgan fingerprint density at radius 2 is 2.08 bits per heavy atom. The van der Waals surface area contributed by atoms with Gasteiger partial charge in [0.1, 0.15) is 17.3 Å². The minimum Gasteiger partial charge on any atom is -0.495 e. The van der Waals surface area contributed by atoms with Crippen LogP contribution in [-0.2, 0) is 21.4 Å². The smallest absolute Gasteiger partial charge is 0.248 e. The van der Waals surface area contributed by atoms with Crippen LogP contribution in [0.25, 0.3) is 6.08 Å². The number of halogens is 1. The van der Waals surface area contributed by atoms with Crippen molar-refractivity contribution in [1.82, 2.24) is 4.31 Å². The van der Waals surface area contributed by atoms with Gasteiger partial charge in [-0.05, 0) is 36.4 Å². The summed E-state index contributed by atoms with van der Waals surface area (Å²) in [4.78, 5) is 12.0. The van der Waals surface area contributed by atoms with Crippen LogP contribution >= 0.6 is 11.6 Å². The molecule has 0 saturated heterocycles. The predicted molar refractivity (Wildman–Crippen MR) is 101 cm³/mol. The molecule has 0 bridgehead atoms. The van der Waals surface area contributed by atoms with Crippen LogP contribution in [0.3, 0.4) is 0 Å². The van der Waals surface area contributed by atoms with E-state index in [1.165, 1.54) is 30.6 Å². The summed E-state index contributed by atoms with van der Waals surface area (Å²) in [5.74, 6) is 1.06. The number of nitrogens with one attached hydrogen (secondary N) is 1. The maximum absolute atomic E-state index is 12.0. The van der Waals surface area contributed by atoms with Gasteiger partial charge in [0.05, 0.1) is 24.9 Å². The number of benzene rings is 1. The van der Waals surface area contributed by atoms with Gasteiger partial charge in [0, 0.05) is 18.8 Å². The van der Waals surface area contributed by atoms with E-state index in [2.05, 4.69) is 5.32 Å². The molecular formula is C17H19ClN2O5S. The van der Waals surface area contributed by atoms with Crippen molar-refractivity contribution in [2.45, 2.75) is 6.54 Å².